The molecule has 0 saturated heterocycles. The highest BCUT2D eigenvalue weighted by Crippen LogP contribution is 2.26. The molecule has 0 aliphatic heterocycles. The Labute approximate surface area is 286 Å². The number of oxazole rings is 1. The standard InChI is InChI=1S/C10H12N2.C10H11NO.C10H11NS.C9H11N3/c3*1-7(2)10-11-8-5-3-4-6-9(8)12-10;1-6(2)8-11-7-4-3-5-10-9(7)12-8/h3-7H,1-2H3,(H,11,12);2*3-7H,1-2H3;3-6H,1-2H3,(H,10,11,12). The first kappa shape index (κ1) is 34.4. The third-order valence-corrected chi connectivity index (χ3v) is 8.72. The second-order valence-electron chi connectivity index (χ2n) is 12.8. The summed E-state index contributed by atoms with van der Waals surface area (Å²) in [5.74, 6) is 4.69. The van der Waals surface area contributed by atoms with Crippen LogP contribution in [0.5, 0.6) is 0 Å². The highest BCUT2D eigenvalue weighted by atomic mass is 32.1. The zero-order chi connectivity index (χ0) is 34.2. The van der Waals surface area contributed by atoms with E-state index in [1.165, 1.54) is 9.71 Å². The Morgan fingerprint density at radius 2 is 1.15 bits per heavy atom. The number of rotatable bonds is 4. The van der Waals surface area contributed by atoms with E-state index >= 15 is 0 Å². The van der Waals surface area contributed by atoms with Gasteiger partial charge < -0.3 is 14.4 Å². The summed E-state index contributed by atoms with van der Waals surface area (Å²) in [7, 11) is 0. The smallest absolute Gasteiger partial charge is 0.198 e. The average molecular weight is 660 g/mol. The van der Waals surface area contributed by atoms with Crippen LogP contribution < -0.4 is 0 Å². The Bertz CT molecular complexity index is 1740. The quantitative estimate of drug-likeness (QED) is 0.195. The van der Waals surface area contributed by atoms with Crippen molar-refractivity contribution in [3.63, 3.8) is 0 Å². The molecule has 0 spiro atoms. The Kier molecular flexibility index (Phi) is 11.3. The van der Waals surface area contributed by atoms with E-state index in [1.807, 2.05) is 66.7 Å². The van der Waals surface area contributed by atoms with Crippen LogP contribution in [-0.4, -0.2) is 34.9 Å². The Morgan fingerprint density at radius 1 is 0.542 bits per heavy atom. The molecule has 0 aliphatic rings. The number of hydrogen-bond donors (Lipinski definition) is 2. The maximum atomic E-state index is 5.52. The van der Waals surface area contributed by atoms with Crippen molar-refractivity contribution in [2.24, 2.45) is 0 Å². The Hall–Kier alpha value is -4.89. The van der Waals surface area contributed by atoms with Gasteiger partial charge >= 0.3 is 0 Å². The monoisotopic (exact) mass is 659 g/mol. The zero-order valence-electron chi connectivity index (χ0n) is 29.0. The minimum Gasteiger partial charge on any atom is -0.440 e. The van der Waals surface area contributed by atoms with Gasteiger partial charge in [0.25, 0.3) is 0 Å². The summed E-state index contributed by atoms with van der Waals surface area (Å²) in [6, 6.07) is 28.1. The molecule has 48 heavy (non-hydrogen) atoms. The summed E-state index contributed by atoms with van der Waals surface area (Å²) in [5.41, 5.74) is 6.96. The van der Waals surface area contributed by atoms with E-state index in [0.29, 0.717) is 23.7 Å². The van der Waals surface area contributed by atoms with Gasteiger partial charge in [0.15, 0.2) is 17.1 Å². The predicted molar refractivity (Wildman–Crippen MR) is 200 cm³/mol. The molecule has 0 bridgehead atoms. The van der Waals surface area contributed by atoms with Crippen LogP contribution in [0.25, 0.3) is 43.5 Å². The first-order chi connectivity index (χ1) is 23.1. The molecule has 0 saturated carbocycles. The molecule has 248 valence electrons. The summed E-state index contributed by atoms with van der Waals surface area (Å²) in [4.78, 5) is 28.3. The molecule has 5 heterocycles. The van der Waals surface area contributed by atoms with Crippen LogP contribution in [-0.2, 0) is 0 Å². The SMILES string of the molecule is CC(C)c1nc2ccccc2[nH]1.CC(C)c1nc2ccccc2o1.CC(C)c1nc2ccccc2s1.CC(C)c1nc2ncccc2[nH]1. The first-order valence-electron chi connectivity index (χ1n) is 16.5. The summed E-state index contributed by atoms with van der Waals surface area (Å²) in [5, 5.41) is 1.23. The molecular weight excluding hydrogens is 615 g/mol. The molecule has 8 aromatic rings. The number of nitrogens with zero attached hydrogens (tertiary/aromatic N) is 5. The van der Waals surface area contributed by atoms with Gasteiger partial charge in [-0.05, 0) is 48.5 Å². The van der Waals surface area contributed by atoms with Gasteiger partial charge in [0.1, 0.15) is 17.2 Å². The van der Waals surface area contributed by atoms with E-state index in [4.69, 9.17) is 4.42 Å². The van der Waals surface area contributed by atoms with Gasteiger partial charge in [0, 0.05) is 29.9 Å². The fourth-order valence-electron chi connectivity index (χ4n) is 4.66. The number of nitrogens with one attached hydrogen (secondary N) is 2. The number of fused-ring (bicyclic) bond motifs is 4. The highest BCUT2D eigenvalue weighted by molar-refractivity contribution is 7.18. The number of aromatic amines is 2. The molecule has 8 nitrogen and oxygen atoms in total. The largest absolute Gasteiger partial charge is 0.440 e. The van der Waals surface area contributed by atoms with E-state index < -0.39 is 0 Å². The molecular formula is C39H45N7OS. The van der Waals surface area contributed by atoms with Crippen molar-refractivity contribution in [2.75, 3.05) is 0 Å². The fraction of sp³-hybridized carbons (Fsp3) is 0.308. The molecule has 0 fully saturated rings. The Morgan fingerprint density at radius 3 is 1.77 bits per heavy atom. The van der Waals surface area contributed by atoms with Gasteiger partial charge in [0.2, 0.25) is 0 Å². The van der Waals surface area contributed by atoms with Crippen LogP contribution in [0.15, 0.2) is 95.5 Å². The van der Waals surface area contributed by atoms with Crippen LogP contribution in [0.2, 0.25) is 0 Å². The van der Waals surface area contributed by atoms with E-state index in [9.17, 15) is 0 Å². The maximum Gasteiger partial charge on any atom is 0.198 e. The molecule has 0 radical (unpaired) electrons. The van der Waals surface area contributed by atoms with Crippen LogP contribution in [0, 0.1) is 0 Å². The second kappa shape index (κ2) is 15.8. The fourth-order valence-corrected chi connectivity index (χ4v) is 5.63. The van der Waals surface area contributed by atoms with Crippen molar-refractivity contribution < 1.29 is 4.42 Å². The first-order valence-corrected chi connectivity index (χ1v) is 17.4. The molecule has 5 aromatic heterocycles. The highest BCUT2D eigenvalue weighted by Gasteiger charge is 2.08. The number of H-pyrrole nitrogens is 2. The zero-order valence-corrected chi connectivity index (χ0v) is 29.8. The molecule has 2 N–H and O–H groups in total. The van der Waals surface area contributed by atoms with Crippen molar-refractivity contribution in [1.29, 1.82) is 0 Å². The van der Waals surface area contributed by atoms with Crippen molar-refractivity contribution >= 4 is 54.9 Å². The average Bonchev–Trinajstić information content (AvgIpc) is 3.89. The lowest BCUT2D eigenvalue weighted by atomic mass is 10.2. The minimum atomic E-state index is 0.359. The lowest BCUT2D eigenvalue weighted by Crippen LogP contribution is -1.88. The third kappa shape index (κ3) is 8.72. The van der Waals surface area contributed by atoms with Gasteiger partial charge in [-0.3, -0.25) is 0 Å². The molecule has 0 amide bonds. The van der Waals surface area contributed by atoms with Crippen molar-refractivity contribution in [3.05, 3.63) is 114 Å². The van der Waals surface area contributed by atoms with Crippen LogP contribution in [0.3, 0.4) is 0 Å². The van der Waals surface area contributed by atoms with Crippen LogP contribution >= 0.6 is 11.3 Å². The van der Waals surface area contributed by atoms with Gasteiger partial charge in [-0.15, -0.1) is 11.3 Å². The number of pyridine rings is 1. The number of aromatic nitrogens is 7. The second-order valence-corrected chi connectivity index (χ2v) is 13.9. The topological polar surface area (TPSA) is 109 Å². The molecule has 0 unspecified atom stereocenters. The number of hydrogen-bond acceptors (Lipinski definition) is 7. The van der Waals surface area contributed by atoms with Gasteiger partial charge in [0.05, 0.1) is 31.8 Å². The summed E-state index contributed by atoms with van der Waals surface area (Å²) >= 11 is 1.79. The van der Waals surface area contributed by atoms with E-state index in [-0.39, 0.29) is 0 Å². The van der Waals surface area contributed by atoms with Crippen LogP contribution in [0.1, 0.15) is 102 Å². The van der Waals surface area contributed by atoms with Crippen LogP contribution in [0.4, 0.5) is 0 Å². The number of benzene rings is 3. The predicted octanol–water partition coefficient (Wildman–Crippen LogP) is 11.1. The van der Waals surface area contributed by atoms with Crippen molar-refractivity contribution in [3.8, 4) is 0 Å². The number of thiazole rings is 1. The normalized spacial score (nSPS) is 11.2. The molecule has 9 heteroatoms. The molecule has 0 aliphatic carbocycles. The lowest BCUT2D eigenvalue weighted by Gasteiger charge is -1.95. The van der Waals surface area contributed by atoms with Gasteiger partial charge in [-0.25, -0.2) is 24.9 Å². The van der Waals surface area contributed by atoms with E-state index in [2.05, 4.69) is 108 Å². The summed E-state index contributed by atoms with van der Waals surface area (Å²) in [6.45, 7) is 17.0. The third-order valence-electron chi connectivity index (χ3n) is 7.39. The maximum absolute atomic E-state index is 5.52. The molecule has 0 atom stereocenters. The lowest BCUT2D eigenvalue weighted by molar-refractivity contribution is 0.501. The van der Waals surface area contributed by atoms with E-state index in [0.717, 1.165) is 56.4 Å². The molecule has 8 rings (SSSR count). The van der Waals surface area contributed by atoms with Crippen molar-refractivity contribution in [2.45, 2.75) is 79.1 Å². The van der Waals surface area contributed by atoms with E-state index in [1.54, 1.807) is 17.5 Å². The number of para-hydroxylation sites is 5. The van der Waals surface area contributed by atoms with Gasteiger partial charge in [-0.2, -0.15) is 0 Å². The summed E-state index contributed by atoms with van der Waals surface area (Å²) < 4.78 is 6.81. The number of imidazole rings is 2. The Balaban J connectivity index is 0.000000125. The van der Waals surface area contributed by atoms with Gasteiger partial charge in [-0.1, -0.05) is 91.8 Å². The van der Waals surface area contributed by atoms with Crippen molar-refractivity contribution in [1.82, 2.24) is 34.9 Å². The molecule has 3 aromatic carbocycles. The summed E-state index contributed by atoms with van der Waals surface area (Å²) in [6.07, 6.45) is 1.76. The minimum absolute atomic E-state index is 0.359.